The molecule has 5 nitrogen and oxygen atoms in total. The largest absolute Gasteiger partial charge is 0.405 e. The first kappa shape index (κ1) is 14.2. The minimum absolute atomic E-state index is 0.0146. The van der Waals surface area contributed by atoms with Crippen molar-refractivity contribution in [2.75, 3.05) is 19.8 Å². The van der Waals surface area contributed by atoms with Gasteiger partial charge in [0.2, 0.25) is 5.91 Å². The van der Waals surface area contributed by atoms with Crippen LogP contribution in [0.5, 0.6) is 0 Å². The summed E-state index contributed by atoms with van der Waals surface area (Å²) in [4.78, 5) is 12.1. The summed E-state index contributed by atoms with van der Waals surface area (Å²) in [6.07, 6.45) is -4.50. The lowest BCUT2D eigenvalue weighted by Crippen LogP contribution is -2.64. The van der Waals surface area contributed by atoms with E-state index < -0.39 is 30.2 Å². The fourth-order valence-electron chi connectivity index (χ4n) is 1.98. The van der Waals surface area contributed by atoms with Crippen molar-refractivity contribution in [3.63, 3.8) is 0 Å². The van der Waals surface area contributed by atoms with Gasteiger partial charge < -0.3 is 16.2 Å². The van der Waals surface area contributed by atoms with Crippen LogP contribution in [0, 0.1) is 0 Å². The van der Waals surface area contributed by atoms with Gasteiger partial charge in [0, 0.05) is 12.6 Å². The van der Waals surface area contributed by atoms with E-state index in [1.807, 2.05) is 0 Å². The van der Waals surface area contributed by atoms with Gasteiger partial charge in [-0.2, -0.15) is 13.2 Å². The number of nitrogens with zero attached hydrogens (tertiary/aromatic N) is 1. The van der Waals surface area contributed by atoms with E-state index in [0.717, 1.165) is 4.90 Å². The van der Waals surface area contributed by atoms with Crippen LogP contribution in [0.15, 0.2) is 0 Å². The Balaban J connectivity index is 2.94. The molecule has 17 heavy (non-hydrogen) atoms. The van der Waals surface area contributed by atoms with E-state index >= 15 is 0 Å². The molecule has 4 N–H and O–H groups in total. The number of carbonyl (C=O) groups excluding carboxylic acids is 1. The zero-order chi connectivity index (χ0) is 13.2. The van der Waals surface area contributed by atoms with Gasteiger partial charge in [-0.05, 0) is 6.92 Å². The molecule has 0 spiro atoms. The average molecular weight is 255 g/mol. The number of hydrogen-bond donors (Lipinski definition) is 2. The molecule has 1 heterocycles. The van der Waals surface area contributed by atoms with Gasteiger partial charge in [0.1, 0.15) is 12.1 Å². The van der Waals surface area contributed by atoms with Crippen molar-refractivity contribution in [1.82, 2.24) is 4.90 Å². The van der Waals surface area contributed by atoms with Gasteiger partial charge in [-0.1, -0.05) is 0 Å². The monoisotopic (exact) mass is 255 g/mol. The SMILES string of the molecule is CC(N)C(N1CCOCC1C(N)=O)C(F)(F)F. The summed E-state index contributed by atoms with van der Waals surface area (Å²) in [5.41, 5.74) is 10.4. The summed E-state index contributed by atoms with van der Waals surface area (Å²) in [5.74, 6) is -0.834. The van der Waals surface area contributed by atoms with Crippen LogP contribution < -0.4 is 11.5 Å². The molecule has 0 aliphatic carbocycles. The van der Waals surface area contributed by atoms with Crippen LogP contribution in [-0.4, -0.2) is 54.9 Å². The minimum Gasteiger partial charge on any atom is -0.378 e. The third-order valence-corrected chi connectivity index (χ3v) is 2.69. The normalized spacial score (nSPS) is 26.5. The van der Waals surface area contributed by atoms with Gasteiger partial charge in [0.15, 0.2) is 0 Å². The molecule has 0 aromatic heterocycles. The molecule has 1 aliphatic rings. The lowest BCUT2D eigenvalue weighted by Gasteiger charge is -2.41. The van der Waals surface area contributed by atoms with Crippen LogP contribution in [0.25, 0.3) is 0 Å². The van der Waals surface area contributed by atoms with Crippen molar-refractivity contribution in [2.24, 2.45) is 11.5 Å². The lowest BCUT2D eigenvalue weighted by atomic mass is 10.0. The smallest absolute Gasteiger partial charge is 0.378 e. The van der Waals surface area contributed by atoms with Crippen molar-refractivity contribution in [1.29, 1.82) is 0 Å². The maximum absolute atomic E-state index is 12.9. The Morgan fingerprint density at radius 1 is 1.53 bits per heavy atom. The Morgan fingerprint density at radius 2 is 2.12 bits per heavy atom. The highest BCUT2D eigenvalue weighted by atomic mass is 19.4. The van der Waals surface area contributed by atoms with Crippen molar-refractivity contribution in [2.45, 2.75) is 31.2 Å². The zero-order valence-corrected chi connectivity index (χ0v) is 9.41. The van der Waals surface area contributed by atoms with E-state index in [-0.39, 0.29) is 19.8 Å². The molecule has 3 atom stereocenters. The molecular formula is C9H16F3N3O2. The topological polar surface area (TPSA) is 81.6 Å². The Bertz CT molecular complexity index is 283. The summed E-state index contributed by atoms with van der Waals surface area (Å²) >= 11 is 0. The maximum Gasteiger partial charge on any atom is 0.405 e. The van der Waals surface area contributed by atoms with Crippen molar-refractivity contribution < 1.29 is 22.7 Å². The quantitative estimate of drug-likeness (QED) is 0.709. The predicted molar refractivity (Wildman–Crippen MR) is 54.0 cm³/mol. The molecule has 1 rings (SSSR count). The van der Waals surface area contributed by atoms with Crippen LogP contribution in [0.2, 0.25) is 0 Å². The number of nitrogens with two attached hydrogens (primary N) is 2. The van der Waals surface area contributed by atoms with E-state index in [0.29, 0.717) is 0 Å². The molecule has 0 aromatic carbocycles. The molecule has 1 fully saturated rings. The number of amides is 1. The molecule has 100 valence electrons. The van der Waals surface area contributed by atoms with Gasteiger partial charge in [-0.15, -0.1) is 0 Å². The second-order valence-electron chi connectivity index (χ2n) is 4.08. The van der Waals surface area contributed by atoms with Crippen molar-refractivity contribution in [3.05, 3.63) is 0 Å². The molecule has 0 bridgehead atoms. The van der Waals surface area contributed by atoms with Crippen LogP contribution in [0.1, 0.15) is 6.92 Å². The number of ether oxygens (including phenoxy) is 1. The van der Waals surface area contributed by atoms with Crippen molar-refractivity contribution in [3.8, 4) is 0 Å². The van der Waals surface area contributed by atoms with E-state index in [4.69, 9.17) is 16.2 Å². The third kappa shape index (κ3) is 3.30. The standard InChI is InChI=1S/C9H16F3N3O2/c1-5(13)7(9(10,11)12)15-2-3-17-4-6(15)8(14)16/h5-7H,2-4,13H2,1H3,(H2,14,16). The number of alkyl halides is 3. The fraction of sp³-hybridized carbons (Fsp3) is 0.889. The summed E-state index contributed by atoms with van der Waals surface area (Å²) in [7, 11) is 0. The zero-order valence-electron chi connectivity index (χ0n) is 9.41. The summed E-state index contributed by atoms with van der Waals surface area (Å²) in [5, 5.41) is 0. The highest BCUT2D eigenvalue weighted by molar-refractivity contribution is 5.80. The molecule has 8 heteroatoms. The second kappa shape index (κ2) is 5.19. The first-order valence-electron chi connectivity index (χ1n) is 5.20. The predicted octanol–water partition coefficient (Wildman–Crippen LogP) is -0.549. The number of carbonyl (C=O) groups is 1. The molecular weight excluding hydrogens is 239 g/mol. The summed E-state index contributed by atoms with van der Waals surface area (Å²) in [6, 6.07) is -4.11. The highest BCUT2D eigenvalue weighted by Gasteiger charge is 2.49. The van der Waals surface area contributed by atoms with E-state index in [9.17, 15) is 18.0 Å². The third-order valence-electron chi connectivity index (χ3n) is 2.69. The molecule has 1 saturated heterocycles. The molecule has 0 saturated carbocycles. The first-order chi connectivity index (χ1) is 7.75. The Morgan fingerprint density at radius 3 is 2.53 bits per heavy atom. The lowest BCUT2D eigenvalue weighted by molar-refractivity contribution is -0.205. The Hall–Kier alpha value is -0.860. The first-order valence-corrected chi connectivity index (χ1v) is 5.20. The minimum atomic E-state index is -4.50. The maximum atomic E-state index is 12.9. The Labute approximate surface area is 96.9 Å². The van der Waals surface area contributed by atoms with E-state index in [2.05, 4.69) is 0 Å². The fourth-order valence-corrected chi connectivity index (χ4v) is 1.98. The van der Waals surface area contributed by atoms with Gasteiger partial charge in [0.25, 0.3) is 0 Å². The molecule has 0 aromatic rings. The molecule has 1 amide bonds. The molecule has 1 aliphatic heterocycles. The average Bonchev–Trinajstić information content (AvgIpc) is 2.15. The molecule has 3 unspecified atom stereocenters. The number of primary amides is 1. The number of rotatable bonds is 3. The number of hydrogen-bond acceptors (Lipinski definition) is 4. The Kier molecular flexibility index (Phi) is 4.34. The summed E-state index contributed by atoms with van der Waals surface area (Å²) in [6.45, 7) is 1.24. The van der Waals surface area contributed by atoms with Gasteiger partial charge >= 0.3 is 6.18 Å². The summed E-state index contributed by atoms with van der Waals surface area (Å²) < 4.78 is 43.6. The van der Waals surface area contributed by atoms with E-state index in [1.165, 1.54) is 6.92 Å². The van der Waals surface area contributed by atoms with Crippen LogP contribution in [0.4, 0.5) is 13.2 Å². The highest BCUT2D eigenvalue weighted by Crippen LogP contribution is 2.29. The van der Waals surface area contributed by atoms with E-state index in [1.54, 1.807) is 0 Å². The van der Waals surface area contributed by atoms with Crippen LogP contribution >= 0.6 is 0 Å². The number of halogens is 3. The van der Waals surface area contributed by atoms with Crippen LogP contribution in [0.3, 0.4) is 0 Å². The second-order valence-corrected chi connectivity index (χ2v) is 4.08. The van der Waals surface area contributed by atoms with Crippen LogP contribution in [-0.2, 0) is 9.53 Å². The van der Waals surface area contributed by atoms with Gasteiger partial charge in [0.05, 0.1) is 13.2 Å². The molecule has 0 radical (unpaired) electrons. The van der Waals surface area contributed by atoms with Gasteiger partial charge in [-0.3, -0.25) is 9.69 Å². The van der Waals surface area contributed by atoms with Crippen molar-refractivity contribution >= 4 is 5.91 Å². The number of morpholine rings is 1. The van der Waals surface area contributed by atoms with Gasteiger partial charge in [-0.25, -0.2) is 0 Å².